The fourth-order valence-corrected chi connectivity index (χ4v) is 5.17. The average molecular weight is 499 g/mol. The number of halogens is 3. The highest BCUT2D eigenvalue weighted by atomic mass is 19.4. The van der Waals surface area contributed by atoms with E-state index in [1.165, 1.54) is 12.1 Å². The topological polar surface area (TPSA) is 74.4 Å². The molecule has 3 heterocycles. The fraction of sp³-hybridized carbons (Fsp3) is 0.667. The lowest BCUT2D eigenvalue weighted by atomic mass is 9.82. The van der Waals surface area contributed by atoms with Crippen LogP contribution in [0.1, 0.15) is 17.5 Å². The molecule has 35 heavy (non-hydrogen) atoms. The summed E-state index contributed by atoms with van der Waals surface area (Å²) in [5.41, 5.74) is 0.570. The summed E-state index contributed by atoms with van der Waals surface area (Å²) in [6, 6.07) is 3.57. The molecule has 2 atom stereocenters. The van der Waals surface area contributed by atoms with E-state index < -0.39 is 17.7 Å². The Labute approximate surface area is 203 Å². The number of alkyl halides is 3. The molecule has 2 unspecified atom stereocenters. The maximum atomic E-state index is 13.4. The van der Waals surface area contributed by atoms with Gasteiger partial charge in [-0.05, 0) is 36.6 Å². The first kappa shape index (κ1) is 25.7. The highest BCUT2D eigenvalue weighted by Crippen LogP contribution is 2.39. The van der Waals surface area contributed by atoms with Crippen molar-refractivity contribution in [2.24, 2.45) is 5.92 Å². The van der Waals surface area contributed by atoms with Gasteiger partial charge in [0.1, 0.15) is 0 Å². The van der Waals surface area contributed by atoms with Gasteiger partial charge in [-0.2, -0.15) is 13.2 Å². The van der Waals surface area contributed by atoms with Crippen LogP contribution in [0.25, 0.3) is 0 Å². The van der Waals surface area contributed by atoms with Crippen LogP contribution in [0, 0.1) is 5.92 Å². The number of morpholine rings is 1. The molecule has 3 aliphatic rings. The summed E-state index contributed by atoms with van der Waals surface area (Å²) < 4.78 is 50.4. The van der Waals surface area contributed by atoms with Gasteiger partial charge in [-0.3, -0.25) is 14.5 Å². The Hall–Kier alpha value is -2.37. The number of hydrogen-bond acceptors (Lipinski definition) is 6. The first-order valence-corrected chi connectivity index (χ1v) is 12.1. The lowest BCUT2D eigenvalue weighted by molar-refractivity contribution is -0.138. The Morgan fingerprint density at radius 2 is 1.94 bits per heavy atom. The summed E-state index contributed by atoms with van der Waals surface area (Å²) >= 11 is 0. The monoisotopic (exact) mass is 498 g/mol. The predicted molar refractivity (Wildman–Crippen MR) is 123 cm³/mol. The molecule has 1 aromatic carbocycles. The molecule has 2 amide bonds. The summed E-state index contributed by atoms with van der Waals surface area (Å²) in [4.78, 5) is 31.9. The number of carbonyl (C=O) groups excluding carboxylic acids is 2. The minimum atomic E-state index is -4.44. The third-order valence-corrected chi connectivity index (χ3v) is 7.01. The van der Waals surface area contributed by atoms with E-state index in [1.54, 1.807) is 12.0 Å². The summed E-state index contributed by atoms with van der Waals surface area (Å²) in [7, 11) is 1.59. The zero-order valence-corrected chi connectivity index (χ0v) is 20.0. The number of amides is 2. The number of rotatable bonds is 7. The SMILES string of the molecule is COCCCNC(=O)C1Cc2cc(C(F)(F)F)ccc2N2CCN(CC(=O)N3CCOCC3)CC12. The van der Waals surface area contributed by atoms with Crippen molar-refractivity contribution in [2.45, 2.75) is 25.1 Å². The number of carbonyl (C=O) groups is 2. The molecule has 1 N–H and O–H groups in total. The van der Waals surface area contributed by atoms with Gasteiger partial charge in [-0.25, -0.2) is 0 Å². The second kappa shape index (κ2) is 11.1. The van der Waals surface area contributed by atoms with Gasteiger partial charge in [0.25, 0.3) is 0 Å². The van der Waals surface area contributed by atoms with Crippen LogP contribution in [0.2, 0.25) is 0 Å². The molecule has 0 saturated carbocycles. The van der Waals surface area contributed by atoms with Crippen molar-refractivity contribution in [1.82, 2.24) is 15.1 Å². The van der Waals surface area contributed by atoms with Crippen LogP contribution < -0.4 is 10.2 Å². The van der Waals surface area contributed by atoms with Gasteiger partial charge in [0.15, 0.2) is 0 Å². The highest BCUT2D eigenvalue weighted by molar-refractivity contribution is 5.82. The molecule has 0 radical (unpaired) electrons. The van der Waals surface area contributed by atoms with Crippen LogP contribution in [-0.4, -0.2) is 100 Å². The molecule has 11 heteroatoms. The number of fused-ring (bicyclic) bond motifs is 3. The van der Waals surface area contributed by atoms with E-state index in [0.717, 1.165) is 11.8 Å². The van der Waals surface area contributed by atoms with Gasteiger partial charge in [-0.15, -0.1) is 0 Å². The fourth-order valence-electron chi connectivity index (χ4n) is 5.17. The summed E-state index contributed by atoms with van der Waals surface area (Å²) in [5, 5.41) is 2.93. The molecule has 1 aromatic rings. The van der Waals surface area contributed by atoms with Crippen LogP contribution >= 0.6 is 0 Å². The molecular formula is C24H33F3N4O4. The maximum absolute atomic E-state index is 13.4. The largest absolute Gasteiger partial charge is 0.416 e. The molecule has 8 nitrogen and oxygen atoms in total. The number of nitrogens with one attached hydrogen (secondary N) is 1. The number of anilines is 1. The Morgan fingerprint density at radius 1 is 1.17 bits per heavy atom. The van der Waals surface area contributed by atoms with Gasteiger partial charge >= 0.3 is 6.18 Å². The summed E-state index contributed by atoms with van der Waals surface area (Å²) in [6.45, 7) is 5.03. The van der Waals surface area contributed by atoms with Crippen LogP contribution in [-0.2, 0) is 31.7 Å². The number of methoxy groups -OCH3 is 1. The van der Waals surface area contributed by atoms with E-state index in [-0.39, 0.29) is 30.8 Å². The minimum absolute atomic E-state index is 0.0355. The first-order chi connectivity index (χ1) is 16.8. The molecular weight excluding hydrogens is 465 g/mol. The molecule has 4 rings (SSSR count). The van der Waals surface area contributed by atoms with Crippen molar-refractivity contribution >= 4 is 17.5 Å². The second-order valence-electron chi connectivity index (χ2n) is 9.28. The summed E-state index contributed by atoms with van der Waals surface area (Å²) in [6.07, 6.45) is -3.57. The van der Waals surface area contributed by atoms with E-state index in [2.05, 4.69) is 10.2 Å². The van der Waals surface area contributed by atoms with Gasteiger partial charge in [-0.1, -0.05) is 0 Å². The van der Waals surface area contributed by atoms with Crippen molar-refractivity contribution in [2.75, 3.05) is 77.6 Å². The maximum Gasteiger partial charge on any atom is 0.416 e. The lowest BCUT2D eigenvalue weighted by Gasteiger charge is -2.49. The number of hydrogen-bond donors (Lipinski definition) is 1. The second-order valence-corrected chi connectivity index (χ2v) is 9.28. The van der Waals surface area contributed by atoms with E-state index in [9.17, 15) is 22.8 Å². The third-order valence-electron chi connectivity index (χ3n) is 7.01. The Balaban J connectivity index is 1.52. The normalized spacial score (nSPS) is 23.0. The molecule has 2 saturated heterocycles. The third kappa shape index (κ3) is 6.07. The van der Waals surface area contributed by atoms with E-state index in [1.807, 2.05) is 4.90 Å². The first-order valence-electron chi connectivity index (χ1n) is 12.1. The molecule has 3 aliphatic heterocycles. The molecule has 2 fully saturated rings. The highest BCUT2D eigenvalue weighted by Gasteiger charge is 2.43. The molecule has 0 aliphatic carbocycles. The van der Waals surface area contributed by atoms with Crippen molar-refractivity contribution in [3.8, 4) is 0 Å². The summed E-state index contributed by atoms with van der Waals surface area (Å²) in [5.74, 6) is -0.663. The van der Waals surface area contributed by atoms with Crippen molar-refractivity contribution < 1.29 is 32.2 Å². The lowest BCUT2D eigenvalue weighted by Crippen LogP contribution is -2.62. The van der Waals surface area contributed by atoms with Crippen molar-refractivity contribution in [1.29, 1.82) is 0 Å². The quantitative estimate of drug-likeness (QED) is 0.573. The Morgan fingerprint density at radius 3 is 2.66 bits per heavy atom. The molecule has 194 valence electrons. The van der Waals surface area contributed by atoms with E-state index >= 15 is 0 Å². The van der Waals surface area contributed by atoms with Gasteiger partial charge in [0.05, 0.1) is 37.3 Å². The van der Waals surface area contributed by atoms with Gasteiger partial charge in [0, 0.05) is 58.7 Å². The number of piperazine rings is 1. The Bertz CT molecular complexity index is 907. The predicted octanol–water partition coefficient (Wildman–Crippen LogP) is 1.38. The molecule has 0 aromatic heterocycles. The smallest absolute Gasteiger partial charge is 0.385 e. The molecule has 0 bridgehead atoms. The van der Waals surface area contributed by atoms with Crippen molar-refractivity contribution in [3.63, 3.8) is 0 Å². The zero-order chi connectivity index (χ0) is 25.0. The van der Waals surface area contributed by atoms with Crippen LogP contribution in [0.3, 0.4) is 0 Å². The molecule has 0 spiro atoms. The average Bonchev–Trinajstić information content (AvgIpc) is 2.85. The van der Waals surface area contributed by atoms with Crippen LogP contribution in [0.4, 0.5) is 18.9 Å². The van der Waals surface area contributed by atoms with E-state index in [4.69, 9.17) is 9.47 Å². The van der Waals surface area contributed by atoms with Gasteiger partial charge < -0.3 is 24.6 Å². The standard InChI is InChI=1S/C24H33F3N4O4/c1-34-10-2-5-28-23(33)19-14-17-13-18(24(25,26)27)3-4-20(17)31-7-6-29(15-21(19)31)16-22(32)30-8-11-35-12-9-30/h3-4,13,19,21H,2,5-12,14-16H2,1H3,(H,28,33). The minimum Gasteiger partial charge on any atom is -0.385 e. The number of benzene rings is 1. The van der Waals surface area contributed by atoms with E-state index in [0.29, 0.717) is 71.1 Å². The van der Waals surface area contributed by atoms with Gasteiger partial charge in [0.2, 0.25) is 11.8 Å². The zero-order valence-electron chi connectivity index (χ0n) is 20.0. The number of nitrogens with zero attached hydrogens (tertiary/aromatic N) is 3. The number of ether oxygens (including phenoxy) is 2. The van der Waals surface area contributed by atoms with Crippen molar-refractivity contribution in [3.05, 3.63) is 29.3 Å². The Kier molecular flexibility index (Phi) is 8.18. The van der Waals surface area contributed by atoms with Crippen LogP contribution in [0.5, 0.6) is 0 Å². The van der Waals surface area contributed by atoms with Crippen LogP contribution in [0.15, 0.2) is 18.2 Å².